The SMILES string of the molecule is CCN(Cc1ccc2c(c1)OCCO2)C(=O)c1ccc2ccccc2n1. The van der Waals surface area contributed by atoms with Gasteiger partial charge in [-0.25, -0.2) is 4.98 Å². The number of ether oxygens (including phenoxy) is 2. The van der Waals surface area contributed by atoms with Crippen molar-refractivity contribution >= 4 is 16.8 Å². The summed E-state index contributed by atoms with van der Waals surface area (Å²) in [6.45, 7) is 4.19. The van der Waals surface area contributed by atoms with Crippen molar-refractivity contribution in [1.29, 1.82) is 0 Å². The number of pyridine rings is 1. The molecular formula is C21H20N2O3. The van der Waals surface area contributed by atoms with Crippen LogP contribution in [0.4, 0.5) is 0 Å². The van der Waals surface area contributed by atoms with Gasteiger partial charge in [-0.3, -0.25) is 4.79 Å². The van der Waals surface area contributed by atoms with Crippen LogP contribution >= 0.6 is 0 Å². The molecule has 0 unspecified atom stereocenters. The lowest BCUT2D eigenvalue weighted by molar-refractivity contribution is 0.0746. The number of fused-ring (bicyclic) bond motifs is 2. The fourth-order valence-corrected chi connectivity index (χ4v) is 3.08. The smallest absolute Gasteiger partial charge is 0.272 e. The van der Waals surface area contributed by atoms with Gasteiger partial charge in [-0.15, -0.1) is 0 Å². The summed E-state index contributed by atoms with van der Waals surface area (Å²) in [4.78, 5) is 19.2. The van der Waals surface area contributed by atoms with Gasteiger partial charge in [-0.05, 0) is 36.8 Å². The van der Waals surface area contributed by atoms with Crippen LogP contribution in [0.15, 0.2) is 54.6 Å². The summed E-state index contributed by atoms with van der Waals surface area (Å²) < 4.78 is 11.2. The molecule has 2 heterocycles. The first kappa shape index (κ1) is 16.4. The quantitative estimate of drug-likeness (QED) is 0.722. The molecule has 4 rings (SSSR count). The van der Waals surface area contributed by atoms with E-state index < -0.39 is 0 Å². The van der Waals surface area contributed by atoms with Crippen molar-refractivity contribution in [2.45, 2.75) is 13.5 Å². The van der Waals surface area contributed by atoms with Crippen LogP contribution in [0.3, 0.4) is 0 Å². The van der Waals surface area contributed by atoms with Crippen molar-refractivity contribution < 1.29 is 14.3 Å². The minimum Gasteiger partial charge on any atom is -0.486 e. The van der Waals surface area contributed by atoms with E-state index in [1.165, 1.54) is 0 Å². The van der Waals surface area contributed by atoms with E-state index >= 15 is 0 Å². The normalized spacial score (nSPS) is 12.8. The number of rotatable bonds is 4. The summed E-state index contributed by atoms with van der Waals surface area (Å²) in [6.07, 6.45) is 0. The van der Waals surface area contributed by atoms with Gasteiger partial charge >= 0.3 is 0 Å². The highest BCUT2D eigenvalue weighted by atomic mass is 16.6. The van der Waals surface area contributed by atoms with Crippen molar-refractivity contribution in [3.05, 3.63) is 65.9 Å². The average molecular weight is 348 g/mol. The molecule has 132 valence electrons. The molecule has 2 aromatic carbocycles. The largest absolute Gasteiger partial charge is 0.486 e. The lowest BCUT2D eigenvalue weighted by Crippen LogP contribution is -2.31. The van der Waals surface area contributed by atoms with Gasteiger partial charge in [0.2, 0.25) is 0 Å². The summed E-state index contributed by atoms with van der Waals surface area (Å²) in [7, 11) is 0. The molecule has 0 N–H and O–H groups in total. The third-order valence-corrected chi connectivity index (χ3v) is 4.47. The van der Waals surface area contributed by atoms with Crippen LogP contribution in [0.1, 0.15) is 23.0 Å². The first-order chi connectivity index (χ1) is 12.7. The van der Waals surface area contributed by atoms with Gasteiger partial charge in [0.15, 0.2) is 11.5 Å². The van der Waals surface area contributed by atoms with Crippen LogP contribution in [-0.2, 0) is 6.54 Å². The molecule has 1 aliphatic rings. The molecule has 1 amide bonds. The maximum Gasteiger partial charge on any atom is 0.272 e. The van der Waals surface area contributed by atoms with Gasteiger partial charge in [-0.1, -0.05) is 30.3 Å². The van der Waals surface area contributed by atoms with E-state index in [2.05, 4.69) is 4.98 Å². The minimum absolute atomic E-state index is 0.0758. The van der Waals surface area contributed by atoms with Gasteiger partial charge in [0, 0.05) is 18.5 Å². The highest BCUT2D eigenvalue weighted by molar-refractivity contribution is 5.94. The zero-order valence-corrected chi connectivity index (χ0v) is 14.6. The molecule has 26 heavy (non-hydrogen) atoms. The van der Waals surface area contributed by atoms with Crippen molar-refractivity contribution in [2.24, 2.45) is 0 Å². The van der Waals surface area contributed by atoms with E-state index in [9.17, 15) is 4.79 Å². The molecule has 0 radical (unpaired) electrons. The van der Waals surface area contributed by atoms with Crippen LogP contribution < -0.4 is 9.47 Å². The second-order valence-corrected chi connectivity index (χ2v) is 6.19. The van der Waals surface area contributed by atoms with E-state index in [0.29, 0.717) is 32.0 Å². The van der Waals surface area contributed by atoms with Crippen LogP contribution in [0.5, 0.6) is 11.5 Å². The Hall–Kier alpha value is -3.08. The van der Waals surface area contributed by atoms with Crippen LogP contribution in [-0.4, -0.2) is 35.5 Å². The summed E-state index contributed by atoms with van der Waals surface area (Å²) in [5.74, 6) is 1.42. The Bertz CT molecular complexity index is 955. The number of para-hydroxylation sites is 1. The molecule has 0 fully saturated rings. The predicted molar refractivity (Wildman–Crippen MR) is 99.6 cm³/mol. The third-order valence-electron chi connectivity index (χ3n) is 4.47. The summed E-state index contributed by atoms with van der Waals surface area (Å²) >= 11 is 0. The lowest BCUT2D eigenvalue weighted by Gasteiger charge is -2.23. The Kier molecular flexibility index (Phi) is 4.44. The van der Waals surface area contributed by atoms with Crippen LogP contribution in [0.25, 0.3) is 10.9 Å². The summed E-state index contributed by atoms with van der Waals surface area (Å²) in [5.41, 5.74) is 2.29. The Morgan fingerprint density at radius 2 is 1.85 bits per heavy atom. The molecule has 5 heteroatoms. The molecule has 1 aliphatic heterocycles. The molecule has 0 saturated heterocycles. The fraction of sp³-hybridized carbons (Fsp3) is 0.238. The number of nitrogens with zero attached hydrogens (tertiary/aromatic N) is 2. The third kappa shape index (κ3) is 3.20. The zero-order valence-electron chi connectivity index (χ0n) is 14.6. The Morgan fingerprint density at radius 1 is 1.04 bits per heavy atom. The Morgan fingerprint density at radius 3 is 2.69 bits per heavy atom. The molecule has 0 saturated carbocycles. The van der Waals surface area contributed by atoms with Crippen LogP contribution in [0, 0.1) is 0 Å². The molecule has 0 bridgehead atoms. The standard InChI is InChI=1S/C21H20N2O3/c1-2-23(14-15-7-10-19-20(13-15)26-12-11-25-19)21(24)18-9-8-16-5-3-4-6-17(16)22-18/h3-10,13H,2,11-12,14H2,1H3. The lowest BCUT2D eigenvalue weighted by atomic mass is 10.1. The number of hydrogen-bond acceptors (Lipinski definition) is 4. The predicted octanol–water partition coefficient (Wildman–Crippen LogP) is 3.67. The highest BCUT2D eigenvalue weighted by Crippen LogP contribution is 2.31. The molecule has 0 spiro atoms. The first-order valence-electron chi connectivity index (χ1n) is 8.78. The number of benzene rings is 2. The molecular weight excluding hydrogens is 328 g/mol. The molecule has 3 aromatic rings. The number of carbonyl (C=O) groups is 1. The second-order valence-electron chi connectivity index (χ2n) is 6.19. The Labute approximate surface area is 152 Å². The monoisotopic (exact) mass is 348 g/mol. The van der Waals surface area contributed by atoms with Crippen LogP contribution in [0.2, 0.25) is 0 Å². The summed E-state index contributed by atoms with van der Waals surface area (Å²) in [6, 6.07) is 17.3. The number of hydrogen-bond donors (Lipinski definition) is 0. The first-order valence-corrected chi connectivity index (χ1v) is 8.78. The maximum atomic E-state index is 12.9. The van der Waals surface area contributed by atoms with Gasteiger partial charge < -0.3 is 14.4 Å². The second kappa shape index (κ2) is 7.04. The summed E-state index contributed by atoms with van der Waals surface area (Å²) in [5, 5.41) is 1.03. The van der Waals surface area contributed by atoms with Crippen molar-refractivity contribution in [3.63, 3.8) is 0 Å². The minimum atomic E-state index is -0.0758. The van der Waals surface area contributed by atoms with Gasteiger partial charge in [0.05, 0.1) is 5.52 Å². The van der Waals surface area contributed by atoms with Crippen molar-refractivity contribution in [2.75, 3.05) is 19.8 Å². The fourth-order valence-electron chi connectivity index (χ4n) is 3.08. The van der Waals surface area contributed by atoms with E-state index in [0.717, 1.165) is 28.0 Å². The average Bonchev–Trinajstić information content (AvgIpc) is 2.71. The maximum absolute atomic E-state index is 12.9. The van der Waals surface area contributed by atoms with Crippen molar-refractivity contribution in [1.82, 2.24) is 9.88 Å². The van der Waals surface area contributed by atoms with Gasteiger partial charge in [0.25, 0.3) is 5.91 Å². The van der Waals surface area contributed by atoms with Gasteiger partial charge in [-0.2, -0.15) is 0 Å². The Balaban J connectivity index is 1.56. The van der Waals surface area contributed by atoms with E-state index in [4.69, 9.17) is 9.47 Å². The molecule has 1 aromatic heterocycles. The van der Waals surface area contributed by atoms with Crippen molar-refractivity contribution in [3.8, 4) is 11.5 Å². The van der Waals surface area contributed by atoms with E-state index in [1.54, 1.807) is 11.0 Å². The highest BCUT2D eigenvalue weighted by Gasteiger charge is 2.18. The van der Waals surface area contributed by atoms with Gasteiger partial charge in [0.1, 0.15) is 18.9 Å². The molecule has 5 nitrogen and oxygen atoms in total. The molecule has 0 aliphatic carbocycles. The zero-order chi connectivity index (χ0) is 17.9. The topological polar surface area (TPSA) is 51.7 Å². The number of amides is 1. The number of carbonyl (C=O) groups excluding carboxylic acids is 1. The molecule has 0 atom stereocenters. The van der Waals surface area contributed by atoms with E-state index in [1.807, 2.05) is 55.5 Å². The number of aromatic nitrogens is 1. The van der Waals surface area contributed by atoms with E-state index in [-0.39, 0.29) is 5.91 Å².